The Labute approximate surface area is 85.0 Å². The van der Waals surface area contributed by atoms with E-state index in [1.54, 1.807) is 0 Å². The van der Waals surface area contributed by atoms with E-state index >= 15 is 0 Å². The standard InChI is InChI=1S/C12H17NO/c14-7-3-6-13-12-8-10-4-1-2-5-11(10)9-12/h1-2,4-5,12-14H,3,6-9H2. The molecule has 0 atom stereocenters. The fraction of sp³-hybridized carbons (Fsp3) is 0.500. The molecule has 0 aromatic heterocycles. The molecule has 14 heavy (non-hydrogen) atoms. The molecule has 0 heterocycles. The molecule has 76 valence electrons. The predicted molar refractivity (Wildman–Crippen MR) is 57.3 cm³/mol. The monoisotopic (exact) mass is 191 g/mol. The van der Waals surface area contributed by atoms with Crippen LogP contribution in [-0.4, -0.2) is 24.3 Å². The third-order valence-corrected chi connectivity index (χ3v) is 2.82. The van der Waals surface area contributed by atoms with Crippen molar-refractivity contribution in [3.8, 4) is 0 Å². The minimum atomic E-state index is 0.284. The highest BCUT2D eigenvalue weighted by molar-refractivity contribution is 5.33. The van der Waals surface area contributed by atoms with Gasteiger partial charge in [0, 0.05) is 12.6 Å². The molecule has 2 N–H and O–H groups in total. The molecule has 2 heteroatoms. The minimum absolute atomic E-state index is 0.284. The number of nitrogens with one attached hydrogen (secondary N) is 1. The Morgan fingerprint density at radius 1 is 1.21 bits per heavy atom. The van der Waals surface area contributed by atoms with Gasteiger partial charge < -0.3 is 10.4 Å². The first-order chi connectivity index (χ1) is 6.90. The van der Waals surface area contributed by atoms with Crippen LogP contribution in [0.3, 0.4) is 0 Å². The van der Waals surface area contributed by atoms with Gasteiger partial charge >= 0.3 is 0 Å². The van der Waals surface area contributed by atoms with Crippen molar-refractivity contribution in [2.24, 2.45) is 0 Å². The first-order valence-electron chi connectivity index (χ1n) is 5.31. The maximum absolute atomic E-state index is 8.67. The van der Waals surface area contributed by atoms with Crippen molar-refractivity contribution in [3.05, 3.63) is 35.4 Å². The van der Waals surface area contributed by atoms with Gasteiger partial charge in [0.2, 0.25) is 0 Å². The molecular formula is C12H17NO. The second kappa shape index (κ2) is 4.58. The molecule has 0 radical (unpaired) electrons. The van der Waals surface area contributed by atoms with E-state index < -0.39 is 0 Å². The zero-order valence-electron chi connectivity index (χ0n) is 8.37. The van der Waals surface area contributed by atoms with E-state index in [4.69, 9.17) is 5.11 Å². The number of hydrogen-bond donors (Lipinski definition) is 2. The molecule has 2 rings (SSSR count). The average molecular weight is 191 g/mol. The van der Waals surface area contributed by atoms with E-state index in [0.717, 1.165) is 25.8 Å². The fourth-order valence-electron chi connectivity index (χ4n) is 2.09. The summed E-state index contributed by atoms with van der Waals surface area (Å²) in [7, 11) is 0. The molecule has 2 nitrogen and oxygen atoms in total. The van der Waals surface area contributed by atoms with Gasteiger partial charge in [0.05, 0.1) is 0 Å². The van der Waals surface area contributed by atoms with Crippen molar-refractivity contribution in [1.29, 1.82) is 0 Å². The third kappa shape index (κ3) is 2.14. The van der Waals surface area contributed by atoms with Gasteiger partial charge in [-0.2, -0.15) is 0 Å². The number of aliphatic hydroxyl groups is 1. The van der Waals surface area contributed by atoms with Crippen LogP contribution in [0.25, 0.3) is 0 Å². The van der Waals surface area contributed by atoms with Crippen LogP contribution in [0, 0.1) is 0 Å². The Hall–Kier alpha value is -0.860. The lowest BCUT2D eigenvalue weighted by Crippen LogP contribution is -2.30. The zero-order valence-corrected chi connectivity index (χ0v) is 8.37. The van der Waals surface area contributed by atoms with E-state index in [-0.39, 0.29) is 6.61 Å². The van der Waals surface area contributed by atoms with Gasteiger partial charge in [0.1, 0.15) is 0 Å². The predicted octanol–water partition coefficient (Wildman–Crippen LogP) is 1.13. The lowest BCUT2D eigenvalue weighted by atomic mass is 10.1. The summed E-state index contributed by atoms with van der Waals surface area (Å²) in [4.78, 5) is 0. The Balaban J connectivity index is 1.86. The maximum atomic E-state index is 8.67. The van der Waals surface area contributed by atoms with Crippen LogP contribution < -0.4 is 5.32 Å². The van der Waals surface area contributed by atoms with Gasteiger partial charge in [-0.25, -0.2) is 0 Å². The van der Waals surface area contributed by atoms with Crippen LogP contribution in [0.5, 0.6) is 0 Å². The summed E-state index contributed by atoms with van der Waals surface area (Å²) in [6.45, 7) is 1.21. The summed E-state index contributed by atoms with van der Waals surface area (Å²) >= 11 is 0. The van der Waals surface area contributed by atoms with E-state index in [1.165, 1.54) is 11.1 Å². The number of aliphatic hydroxyl groups excluding tert-OH is 1. The lowest BCUT2D eigenvalue weighted by molar-refractivity contribution is 0.283. The number of fused-ring (bicyclic) bond motifs is 1. The van der Waals surface area contributed by atoms with E-state index in [1.807, 2.05) is 0 Å². The average Bonchev–Trinajstić information content (AvgIpc) is 2.60. The summed E-state index contributed by atoms with van der Waals surface area (Å²) in [6.07, 6.45) is 3.13. The molecule has 0 amide bonds. The van der Waals surface area contributed by atoms with Crippen molar-refractivity contribution in [2.75, 3.05) is 13.2 Å². The van der Waals surface area contributed by atoms with Crippen LogP contribution in [-0.2, 0) is 12.8 Å². The highest BCUT2D eigenvalue weighted by Crippen LogP contribution is 2.21. The first kappa shape index (κ1) is 9.69. The van der Waals surface area contributed by atoms with Gasteiger partial charge in [0.15, 0.2) is 0 Å². The highest BCUT2D eigenvalue weighted by Gasteiger charge is 2.19. The molecule has 0 bridgehead atoms. The first-order valence-corrected chi connectivity index (χ1v) is 5.31. The molecule has 1 aliphatic rings. The second-order valence-electron chi connectivity index (χ2n) is 3.91. The van der Waals surface area contributed by atoms with Crippen LogP contribution in [0.4, 0.5) is 0 Å². The van der Waals surface area contributed by atoms with Gasteiger partial charge in [-0.3, -0.25) is 0 Å². The Bertz CT molecular complexity index is 273. The highest BCUT2D eigenvalue weighted by atomic mass is 16.3. The van der Waals surface area contributed by atoms with E-state index in [2.05, 4.69) is 29.6 Å². The van der Waals surface area contributed by atoms with E-state index in [0.29, 0.717) is 6.04 Å². The molecule has 0 unspecified atom stereocenters. The number of benzene rings is 1. The Kier molecular flexibility index (Phi) is 3.17. The van der Waals surface area contributed by atoms with E-state index in [9.17, 15) is 0 Å². The van der Waals surface area contributed by atoms with Crippen molar-refractivity contribution >= 4 is 0 Å². The van der Waals surface area contributed by atoms with Crippen molar-refractivity contribution in [2.45, 2.75) is 25.3 Å². The quantitative estimate of drug-likeness (QED) is 0.699. The van der Waals surface area contributed by atoms with Crippen molar-refractivity contribution in [1.82, 2.24) is 5.32 Å². The smallest absolute Gasteiger partial charge is 0.0443 e. The summed E-state index contributed by atoms with van der Waals surface area (Å²) < 4.78 is 0. The molecule has 1 aromatic carbocycles. The molecule has 0 aliphatic heterocycles. The Morgan fingerprint density at radius 2 is 1.86 bits per heavy atom. The fourth-order valence-corrected chi connectivity index (χ4v) is 2.09. The summed E-state index contributed by atoms with van der Waals surface area (Å²) in [5.74, 6) is 0. The molecule has 0 saturated carbocycles. The molecule has 1 aromatic rings. The Morgan fingerprint density at radius 3 is 2.43 bits per heavy atom. The molecule has 1 aliphatic carbocycles. The number of hydrogen-bond acceptors (Lipinski definition) is 2. The SMILES string of the molecule is OCCCNC1Cc2ccccc2C1. The van der Waals surface area contributed by atoms with Crippen LogP contribution in [0.15, 0.2) is 24.3 Å². The topological polar surface area (TPSA) is 32.3 Å². The van der Waals surface area contributed by atoms with Crippen LogP contribution in [0.1, 0.15) is 17.5 Å². The maximum Gasteiger partial charge on any atom is 0.0443 e. The normalized spacial score (nSPS) is 15.8. The van der Waals surface area contributed by atoms with Crippen molar-refractivity contribution in [3.63, 3.8) is 0 Å². The van der Waals surface area contributed by atoms with Crippen LogP contribution in [0.2, 0.25) is 0 Å². The molecular weight excluding hydrogens is 174 g/mol. The van der Waals surface area contributed by atoms with Crippen molar-refractivity contribution < 1.29 is 5.11 Å². The molecule has 0 fully saturated rings. The van der Waals surface area contributed by atoms with Gasteiger partial charge in [-0.1, -0.05) is 24.3 Å². The lowest BCUT2D eigenvalue weighted by Gasteiger charge is -2.10. The van der Waals surface area contributed by atoms with Crippen LogP contribution >= 0.6 is 0 Å². The van der Waals surface area contributed by atoms with Gasteiger partial charge in [-0.15, -0.1) is 0 Å². The molecule has 0 spiro atoms. The summed E-state index contributed by atoms with van der Waals surface area (Å²) in [5.41, 5.74) is 2.96. The molecule has 0 saturated heterocycles. The van der Waals surface area contributed by atoms with Gasteiger partial charge in [0.25, 0.3) is 0 Å². The second-order valence-corrected chi connectivity index (χ2v) is 3.91. The number of rotatable bonds is 4. The minimum Gasteiger partial charge on any atom is -0.396 e. The summed E-state index contributed by atoms with van der Waals surface area (Å²) in [6, 6.07) is 9.22. The largest absolute Gasteiger partial charge is 0.396 e. The van der Waals surface area contributed by atoms with Gasteiger partial charge in [-0.05, 0) is 36.9 Å². The third-order valence-electron chi connectivity index (χ3n) is 2.82. The summed E-state index contributed by atoms with van der Waals surface area (Å²) in [5, 5.41) is 12.1. The zero-order chi connectivity index (χ0) is 9.80.